The molecule has 2 rings (SSSR count). The van der Waals surface area contributed by atoms with Crippen LogP contribution in [0.5, 0.6) is 5.75 Å². The number of amides is 1. The molecule has 0 bridgehead atoms. The van der Waals surface area contributed by atoms with Crippen molar-refractivity contribution in [1.82, 2.24) is 5.43 Å². The van der Waals surface area contributed by atoms with Crippen molar-refractivity contribution in [3.63, 3.8) is 0 Å². The van der Waals surface area contributed by atoms with E-state index in [1.54, 1.807) is 24.3 Å². The first-order valence-corrected chi connectivity index (χ1v) is 7.25. The maximum atomic E-state index is 11.8. The van der Waals surface area contributed by atoms with Crippen LogP contribution in [0, 0.1) is 11.3 Å². The first-order chi connectivity index (χ1) is 11.2. The van der Waals surface area contributed by atoms with Crippen LogP contribution in [-0.4, -0.2) is 18.7 Å². The summed E-state index contributed by atoms with van der Waals surface area (Å²) in [7, 11) is 0. The molecule has 116 valence electrons. The average molecular weight is 307 g/mol. The van der Waals surface area contributed by atoms with Gasteiger partial charge < -0.3 is 4.74 Å². The van der Waals surface area contributed by atoms with Gasteiger partial charge in [-0.25, -0.2) is 5.43 Å². The molecule has 2 aromatic carbocycles. The second-order valence-corrected chi connectivity index (χ2v) is 4.78. The van der Waals surface area contributed by atoms with Crippen molar-refractivity contribution in [1.29, 1.82) is 5.26 Å². The van der Waals surface area contributed by atoms with E-state index in [2.05, 4.69) is 10.5 Å². The monoisotopic (exact) mass is 307 g/mol. The van der Waals surface area contributed by atoms with Crippen molar-refractivity contribution in [2.45, 2.75) is 13.3 Å². The number of rotatable bonds is 6. The predicted octanol–water partition coefficient (Wildman–Crippen LogP) is 2.65. The van der Waals surface area contributed by atoms with Crippen LogP contribution in [0.2, 0.25) is 0 Å². The van der Waals surface area contributed by atoms with E-state index in [4.69, 9.17) is 10.00 Å². The van der Waals surface area contributed by atoms with Gasteiger partial charge in [0.15, 0.2) is 0 Å². The quantitative estimate of drug-likeness (QED) is 0.658. The summed E-state index contributed by atoms with van der Waals surface area (Å²) in [6, 6.07) is 16.4. The minimum Gasteiger partial charge on any atom is -0.494 e. The van der Waals surface area contributed by atoms with Gasteiger partial charge in [-0.05, 0) is 42.3 Å². The Labute approximate surface area is 135 Å². The Kier molecular flexibility index (Phi) is 5.89. The number of hydrazone groups is 1. The van der Waals surface area contributed by atoms with E-state index in [0.29, 0.717) is 12.2 Å². The molecule has 1 N–H and O–H groups in total. The minimum atomic E-state index is -0.195. The highest BCUT2D eigenvalue weighted by Gasteiger charge is 2.02. The molecule has 0 saturated heterocycles. The summed E-state index contributed by atoms with van der Waals surface area (Å²) < 4.78 is 5.35. The molecular formula is C18H17N3O2. The molecule has 0 aromatic heterocycles. The number of hydrogen-bond donors (Lipinski definition) is 1. The molecule has 2 aromatic rings. The molecular weight excluding hydrogens is 290 g/mol. The molecule has 0 aliphatic carbocycles. The number of nitrogens with one attached hydrogen (secondary N) is 1. The van der Waals surface area contributed by atoms with Crippen molar-refractivity contribution in [3.05, 3.63) is 65.2 Å². The lowest BCUT2D eigenvalue weighted by molar-refractivity contribution is -0.120. The lowest BCUT2D eigenvalue weighted by Crippen LogP contribution is -2.19. The molecule has 0 heterocycles. The van der Waals surface area contributed by atoms with Gasteiger partial charge in [0.25, 0.3) is 0 Å². The minimum absolute atomic E-state index is 0.195. The standard InChI is InChI=1S/C18H17N3O2/c1-2-23-17-9-7-14(8-10-17)11-18(22)21-20-13-16-5-3-15(12-19)4-6-16/h3-10,13H,2,11H2,1H3,(H,21,22)/b20-13+. The lowest BCUT2D eigenvalue weighted by Gasteiger charge is -2.04. The van der Waals surface area contributed by atoms with Crippen molar-refractivity contribution in [3.8, 4) is 11.8 Å². The summed E-state index contributed by atoms with van der Waals surface area (Å²) in [5, 5.41) is 12.6. The Morgan fingerprint density at radius 3 is 2.52 bits per heavy atom. The highest BCUT2D eigenvalue weighted by Crippen LogP contribution is 2.12. The molecule has 23 heavy (non-hydrogen) atoms. The number of carbonyl (C=O) groups is 1. The number of hydrogen-bond acceptors (Lipinski definition) is 4. The third-order valence-electron chi connectivity index (χ3n) is 3.04. The van der Waals surface area contributed by atoms with E-state index in [9.17, 15) is 4.79 Å². The third-order valence-corrected chi connectivity index (χ3v) is 3.04. The number of nitriles is 1. The lowest BCUT2D eigenvalue weighted by atomic mass is 10.1. The van der Waals surface area contributed by atoms with Gasteiger partial charge in [0.1, 0.15) is 5.75 Å². The van der Waals surface area contributed by atoms with E-state index >= 15 is 0 Å². The van der Waals surface area contributed by atoms with E-state index in [0.717, 1.165) is 16.9 Å². The van der Waals surface area contributed by atoms with Crippen LogP contribution in [0.1, 0.15) is 23.6 Å². The van der Waals surface area contributed by atoms with Crippen LogP contribution in [0.15, 0.2) is 53.6 Å². The Hall–Kier alpha value is -3.13. The fourth-order valence-electron chi connectivity index (χ4n) is 1.92. The fraction of sp³-hybridized carbons (Fsp3) is 0.167. The number of nitrogens with zero attached hydrogens (tertiary/aromatic N) is 2. The van der Waals surface area contributed by atoms with E-state index in [1.807, 2.05) is 37.3 Å². The molecule has 0 atom stereocenters. The molecule has 1 amide bonds. The van der Waals surface area contributed by atoms with E-state index < -0.39 is 0 Å². The molecule has 0 saturated carbocycles. The van der Waals surface area contributed by atoms with Crippen molar-refractivity contribution >= 4 is 12.1 Å². The maximum Gasteiger partial charge on any atom is 0.244 e. The summed E-state index contributed by atoms with van der Waals surface area (Å²) in [6.45, 7) is 2.54. The number of ether oxygens (including phenoxy) is 1. The number of benzene rings is 2. The summed E-state index contributed by atoms with van der Waals surface area (Å²) in [5.74, 6) is 0.592. The van der Waals surface area contributed by atoms with Gasteiger partial charge in [0.05, 0.1) is 30.9 Å². The van der Waals surface area contributed by atoms with Crippen LogP contribution < -0.4 is 10.2 Å². The van der Waals surface area contributed by atoms with Crippen molar-refractivity contribution in [2.75, 3.05) is 6.61 Å². The zero-order valence-corrected chi connectivity index (χ0v) is 12.8. The summed E-state index contributed by atoms with van der Waals surface area (Å²) in [6.07, 6.45) is 1.79. The average Bonchev–Trinajstić information content (AvgIpc) is 2.57. The fourth-order valence-corrected chi connectivity index (χ4v) is 1.92. The van der Waals surface area contributed by atoms with Gasteiger partial charge in [-0.2, -0.15) is 10.4 Å². The predicted molar refractivity (Wildman–Crippen MR) is 88.2 cm³/mol. The molecule has 0 radical (unpaired) electrons. The zero-order chi connectivity index (χ0) is 16.5. The largest absolute Gasteiger partial charge is 0.494 e. The van der Waals surface area contributed by atoms with E-state index in [-0.39, 0.29) is 12.3 Å². The van der Waals surface area contributed by atoms with Gasteiger partial charge in [0.2, 0.25) is 5.91 Å². The first-order valence-electron chi connectivity index (χ1n) is 7.25. The maximum absolute atomic E-state index is 11.8. The normalized spacial score (nSPS) is 10.3. The summed E-state index contributed by atoms with van der Waals surface area (Å²) in [4.78, 5) is 11.8. The Bertz CT molecular complexity index is 713. The van der Waals surface area contributed by atoms with Crippen molar-refractivity contribution in [2.24, 2.45) is 5.10 Å². The van der Waals surface area contributed by atoms with Gasteiger partial charge in [-0.15, -0.1) is 0 Å². The second-order valence-electron chi connectivity index (χ2n) is 4.78. The zero-order valence-electron chi connectivity index (χ0n) is 12.8. The van der Waals surface area contributed by atoms with Gasteiger partial charge in [-0.3, -0.25) is 4.79 Å². The van der Waals surface area contributed by atoms with E-state index in [1.165, 1.54) is 6.21 Å². The smallest absolute Gasteiger partial charge is 0.244 e. The third kappa shape index (κ3) is 5.29. The molecule has 5 nitrogen and oxygen atoms in total. The molecule has 0 spiro atoms. The SMILES string of the molecule is CCOc1ccc(CC(=O)N/N=C/c2ccc(C#N)cc2)cc1. The Balaban J connectivity index is 1.84. The van der Waals surface area contributed by atoms with Crippen LogP contribution in [0.4, 0.5) is 0 Å². The van der Waals surface area contributed by atoms with Gasteiger partial charge in [0, 0.05) is 0 Å². The summed E-state index contributed by atoms with van der Waals surface area (Å²) >= 11 is 0. The second kappa shape index (κ2) is 8.35. The first kappa shape index (κ1) is 16.2. The van der Waals surface area contributed by atoms with Gasteiger partial charge in [-0.1, -0.05) is 24.3 Å². The topological polar surface area (TPSA) is 74.5 Å². The Morgan fingerprint density at radius 1 is 1.22 bits per heavy atom. The van der Waals surface area contributed by atoms with Crippen LogP contribution in [0.3, 0.4) is 0 Å². The molecule has 0 aliphatic rings. The molecule has 0 fully saturated rings. The highest BCUT2D eigenvalue weighted by molar-refractivity contribution is 5.83. The summed E-state index contributed by atoms with van der Waals surface area (Å²) in [5.41, 5.74) is 4.77. The van der Waals surface area contributed by atoms with Crippen LogP contribution in [-0.2, 0) is 11.2 Å². The highest BCUT2D eigenvalue weighted by atomic mass is 16.5. The van der Waals surface area contributed by atoms with Gasteiger partial charge >= 0.3 is 0 Å². The van der Waals surface area contributed by atoms with Crippen LogP contribution in [0.25, 0.3) is 0 Å². The molecule has 0 unspecified atom stereocenters. The van der Waals surface area contributed by atoms with Crippen molar-refractivity contribution < 1.29 is 9.53 Å². The van der Waals surface area contributed by atoms with Crippen LogP contribution >= 0.6 is 0 Å². The number of carbonyl (C=O) groups excluding carboxylic acids is 1. The Morgan fingerprint density at radius 2 is 1.91 bits per heavy atom. The molecule has 5 heteroatoms. The molecule has 0 aliphatic heterocycles.